The van der Waals surface area contributed by atoms with Gasteiger partial charge in [-0.1, -0.05) is 11.8 Å². The van der Waals surface area contributed by atoms with E-state index in [9.17, 15) is 18.0 Å². The molecule has 4 nitrogen and oxygen atoms in total. The van der Waals surface area contributed by atoms with Gasteiger partial charge in [0, 0.05) is 31.2 Å². The lowest BCUT2D eigenvalue weighted by molar-refractivity contribution is -0.138. The molecule has 2 aromatic rings. The number of hydrogen-bond acceptors (Lipinski definition) is 3. The second-order valence-electron chi connectivity index (χ2n) is 5.56. The molecule has 1 amide bonds. The van der Waals surface area contributed by atoms with Gasteiger partial charge in [-0.05, 0) is 31.2 Å². The Kier molecular flexibility index (Phi) is 4.58. The van der Waals surface area contributed by atoms with Gasteiger partial charge in [-0.15, -0.1) is 0 Å². The molecule has 0 bridgehead atoms. The Bertz CT molecular complexity index is 727. The maximum absolute atomic E-state index is 12.5. The molecule has 0 aliphatic carbocycles. The van der Waals surface area contributed by atoms with Crippen molar-refractivity contribution in [2.24, 2.45) is 0 Å². The number of aromatic nitrogens is 2. The van der Waals surface area contributed by atoms with Gasteiger partial charge in [0.15, 0.2) is 0 Å². The molecule has 2 aromatic heterocycles. The summed E-state index contributed by atoms with van der Waals surface area (Å²) in [4.78, 5) is 18.0. The number of amides is 1. The quantitative estimate of drug-likeness (QED) is 0.790. The minimum absolute atomic E-state index is 0.0117. The molecule has 0 fully saturated rings. The maximum atomic E-state index is 12.5. The summed E-state index contributed by atoms with van der Waals surface area (Å²) in [5, 5.41) is 0.407. The fourth-order valence-electron chi connectivity index (χ4n) is 2.77. The van der Waals surface area contributed by atoms with Crippen LogP contribution in [-0.2, 0) is 17.5 Å². The second-order valence-corrected chi connectivity index (χ2v) is 6.56. The molecule has 0 N–H and O–H groups in total. The third-order valence-electron chi connectivity index (χ3n) is 4.07. The van der Waals surface area contributed by atoms with E-state index in [-0.39, 0.29) is 17.7 Å². The minimum Gasteiger partial charge on any atom is -0.348 e. The highest BCUT2D eigenvalue weighted by Crippen LogP contribution is 2.30. The largest absolute Gasteiger partial charge is 0.417 e. The van der Waals surface area contributed by atoms with Crippen molar-refractivity contribution in [1.29, 1.82) is 0 Å². The maximum Gasteiger partial charge on any atom is 0.417 e. The number of carbonyl (C=O) groups is 1. The number of rotatable bonds is 3. The normalized spacial score (nSPS) is 17.7. The van der Waals surface area contributed by atoms with E-state index in [4.69, 9.17) is 0 Å². The van der Waals surface area contributed by atoms with E-state index < -0.39 is 11.7 Å². The van der Waals surface area contributed by atoms with Crippen LogP contribution in [0, 0.1) is 0 Å². The van der Waals surface area contributed by atoms with Gasteiger partial charge in [0.05, 0.1) is 22.4 Å². The van der Waals surface area contributed by atoms with E-state index in [0.29, 0.717) is 11.6 Å². The van der Waals surface area contributed by atoms with Crippen LogP contribution in [0.3, 0.4) is 0 Å². The number of thioether (sulfide) groups is 1. The lowest BCUT2D eigenvalue weighted by Crippen LogP contribution is -2.41. The molecule has 0 aromatic carbocycles. The predicted molar refractivity (Wildman–Crippen MR) is 84.5 cm³/mol. The number of halogens is 3. The first kappa shape index (κ1) is 16.9. The third-order valence-corrected chi connectivity index (χ3v) is 5.00. The van der Waals surface area contributed by atoms with Gasteiger partial charge in [0.25, 0.3) is 0 Å². The highest BCUT2D eigenvalue weighted by molar-refractivity contribution is 7.99. The highest BCUT2D eigenvalue weighted by Gasteiger charge is 2.31. The van der Waals surface area contributed by atoms with Gasteiger partial charge in [-0.2, -0.15) is 13.2 Å². The van der Waals surface area contributed by atoms with E-state index >= 15 is 0 Å². The first-order valence-electron chi connectivity index (χ1n) is 7.47. The van der Waals surface area contributed by atoms with Crippen LogP contribution in [0.4, 0.5) is 13.2 Å². The molecular formula is C16H16F3N3OS. The van der Waals surface area contributed by atoms with Crippen molar-refractivity contribution in [3.63, 3.8) is 0 Å². The molecule has 3 heterocycles. The zero-order valence-electron chi connectivity index (χ0n) is 13.0. The zero-order chi connectivity index (χ0) is 17.3. The topological polar surface area (TPSA) is 38.1 Å². The Labute approximate surface area is 141 Å². The summed E-state index contributed by atoms with van der Waals surface area (Å²) in [5.41, 5.74) is 0.302. The summed E-state index contributed by atoms with van der Waals surface area (Å²) in [7, 11) is 0. The van der Waals surface area contributed by atoms with Gasteiger partial charge in [-0.25, -0.2) is 4.98 Å². The average molecular weight is 355 g/mol. The Balaban J connectivity index is 1.60. The Morgan fingerprint density at radius 1 is 1.33 bits per heavy atom. The molecule has 24 heavy (non-hydrogen) atoms. The molecule has 1 unspecified atom stereocenters. The first-order chi connectivity index (χ1) is 11.4. The lowest BCUT2D eigenvalue weighted by Gasteiger charge is -2.34. The molecule has 3 rings (SSSR count). The van der Waals surface area contributed by atoms with Crippen LogP contribution in [0.2, 0.25) is 0 Å². The predicted octanol–water partition coefficient (Wildman–Crippen LogP) is 3.60. The standard InChI is InChI=1S/C16H16F3N3OS/c1-11-13-3-2-6-21(13)7-8-22(11)15(23)10-24-14-5-4-12(9-20-14)16(17,18)19/h2-6,9,11H,7-8,10H2,1H3. The van der Waals surface area contributed by atoms with Crippen molar-refractivity contribution < 1.29 is 18.0 Å². The Morgan fingerprint density at radius 2 is 2.12 bits per heavy atom. The van der Waals surface area contributed by atoms with Gasteiger partial charge >= 0.3 is 6.18 Å². The summed E-state index contributed by atoms with van der Waals surface area (Å²) in [6, 6.07) is 6.22. The van der Waals surface area contributed by atoms with Crippen molar-refractivity contribution in [1.82, 2.24) is 14.5 Å². The van der Waals surface area contributed by atoms with E-state index in [1.54, 1.807) is 4.90 Å². The number of nitrogens with zero attached hydrogens (tertiary/aromatic N) is 3. The highest BCUT2D eigenvalue weighted by atomic mass is 32.2. The molecule has 1 atom stereocenters. The summed E-state index contributed by atoms with van der Waals surface area (Å²) < 4.78 is 39.6. The molecule has 0 saturated heterocycles. The SMILES string of the molecule is CC1c2cccn2CCN1C(=O)CSc1ccc(C(F)(F)F)cn1. The zero-order valence-corrected chi connectivity index (χ0v) is 13.8. The van der Waals surface area contributed by atoms with Crippen LogP contribution >= 0.6 is 11.8 Å². The Morgan fingerprint density at radius 3 is 2.79 bits per heavy atom. The van der Waals surface area contributed by atoms with Gasteiger partial charge in [0.1, 0.15) is 0 Å². The molecule has 0 spiro atoms. The first-order valence-corrected chi connectivity index (χ1v) is 8.45. The summed E-state index contributed by atoms with van der Waals surface area (Å²) in [6.07, 6.45) is -1.61. The summed E-state index contributed by atoms with van der Waals surface area (Å²) >= 11 is 1.15. The second kappa shape index (κ2) is 6.51. The van der Waals surface area contributed by atoms with Crippen LogP contribution in [0.15, 0.2) is 41.7 Å². The molecule has 1 aliphatic heterocycles. The van der Waals surface area contributed by atoms with Gasteiger partial charge in [-0.3, -0.25) is 4.79 Å². The van der Waals surface area contributed by atoms with E-state index in [1.807, 2.05) is 25.3 Å². The smallest absolute Gasteiger partial charge is 0.348 e. The summed E-state index contributed by atoms with van der Waals surface area (Å²) in [6.45, 7) is 3.36. The summed E-state index contributed by atoms with van der Waals surface area (Å²) in [5.74, 6) is 0.116. The number of hydrogen-bond donors (Lipinski definition) is 0. The number of fused-ring (bicyclic) bond motifs is 1. The van der Waals surface area contributed by atoms with Crippen molar-refractivity contribution in [2.45, 2.75) is 30.7 Å². The molecule has 8 heteroatoms. The lowest BCUT2D eigenvalue weighted by atomic mass is 10.1. The minimum atomic E-state index is -4.40. The van der Waals surface area contributed by atoms with Crippen molar-refractivity contribution in [3.8, 4) is 0 Å². The van der Waals surface area contributed by atoms with Crippen LogP contribution < -0.4 is 0 Å². The van der Waals surface area contributed by atoms with E-state index in [0.717, 1.165) is 36.3 Å². The fourth-order valence-corrected chi connectivity index (χ4v) is 3.50. The van der Waals surface area contributed by atoms with Crippen LogP contribution in [-0.4, -0.2) is 32.7 Å². The molecule has 128 valence electrons. The van der Waals surface area contributed by atoms with E-state index in [2.05, 4.69) is 9.55 Å². The van der Waals surface area contributed by atoms with Crippen LogP contribution in [0.25, 0.3) is 0 Å². The molecule has 1 aliphatic rings. The number of carbonyl (C=O) groups excluding carboxylic acids is 1. The number of pyridine rings is 1. The monoisotopic (exact) mass is 355 g/mol. The van der Waals surface area contributed by atoms with Gasteiger partial charge in [0.2, 0.25) is 5.91 Å². The number of alkyl halides is 3. The van der Waals surface area contributed by atoms with Crippen LogP contribution in [0.5, 0.6) is 0 Å². The molecule has 0 saturated carbocycles. The average Bonchev–Trinajstić information content (AvgIpc) is 3.02. The fraction of sp³-hybridized carbons (Fsp3) is 0.375. The molecule has 0 radical (unpaired) electrons. The van der Waals surface area contributed by atoms with Gasteiger partial charge < -0.3 is 9.47 Å². The third kappa shape index (κ3) is 3.43. The van der Waals surface area contributed by atoms with E-state index in [1.165, 1.54) is 6.07 Å². The molecular weight excluding hydrogens is 339 g/mol. The van der Waals surface area contributed by atoms with Crippen molar-refractivity contribution >= 4 is 17.7 Å². The Hall–Kier alpha value is -1.96. The van der Waals surface area contributed by atoms with Crippen LogP contribution in [0.1, 0.15) is 24.2 Å². The van der Waals surface area contributed by atoms with Crippen molar-refractivity contribution in [2.75, 3.05) is 12.3 Å². The van der Waals surface area contributed by atoms with Crippen molar-refractivity contribution in [3.05, 3.63) is 47.9 Å².